The fourth-order valence-corrected chi connectivity index (χ4v) is 7.09. The van der Waals surface area contributed by atoms with Crippen molar-refractivity contribution < 1.29 is 28.7 Å². The summed E-state index contributed by atoms with van der Waals surface area (Å²) < 4.78 is 5.91. The van der Waals surface area contributed by atoms with E-state index in [1.54, 1.807) is 47.1 Å². The SMILES string of the molecule is CC(C)[C@H]1CN2CCC[C@H]2C(=O)N2CCCC[C@H]2C(=O)N2CCCC[C@H]2C(=O)O[C@H](C)C(NC(=O)c2ccccc2)C(=O)N1. The van der Waals surface area contributed by atoms with Crippen LogP contribution in [0.2, 0.25) is 0 Å². The molecule has 4 amide bonds. The first-order valence-electron chi connectivity index (χ1n) is 16.4. The molecule has 11 nitrogen and oxygen atoms in total. The van der Waals surface area contributed by atoms with Gasteiger partial charge in [0.25, 0.3) is 5.91 Å². The van der Waals surface area contributed by atoms with Gasteiger partial charge >= 0.3 is 5.97 Å². The Morgan fingerprint density at radius 2 is 1.45 bits per heavy atom. The molecule has 4 aliphatic rings. The van der Waals surface area contributed by atoms with Crippen LogP contribution in [0.25, 0.3) is 0 Å². The average molecular weight is 610 g/mol. The molecule has 5 rings (SSSR count). The van der Waals surface area contributed by atoms with Crippen LogP contribution in [0.3, 0.4) is 0 Å². The van der Waals surface area contributed by atoms with Crippen LogP contribution in [0.4, 0.5) is 0 Å². The van der Waals surface area contributed by atoms with Crippen molar-refractivity contribution in [3.8, 4) is 0 Å². The predicted octanol–water partition coefficient (Wildman–Crippen LogP) is 2.10. The number of hydrogen-bond donors (Lipinski definition) is 2. The molecular formula is C33H47N5O6. The van der Waals surface area contributed by atoms with Gasteiger partial charge in [0.1, 0.15) is 24.2 Å². The number of carbonyl (C=O) groups is 5. The number of rotatable bonds is 3. The van der Waals surface area contributed by atoms with E-state index >= 15 is 0 Å². The fourth-order valence-electron chi connectivity index (χ4n) is 7.09. The molecular weight excluding hydrogens is 562 g/mol. The quantitative estimate of drug-likeness (QED) is 0.503. The Kier molecular flexibility index (Phi) is 10.2. The monoisotopic (exact) mass is 609 g/mol. The van der Waals surface area contributed by atoms with Gasteiger partial charge in [-0.2, -0.15) is 0 Å². The lowest BCUT2D eigenvalue weighted by atomic mass is 9.95. The van der Waals surface area contributed by atoms with Crippen LogP contribution in [0, 0.1) is 5.92 Å². The summed E-state index contributed by atoms with van der Waals surface area (Å²) in [6.45, 7) is 7.72. The number of ether oxygens (including phenoxy) is 1. The van der Waals surface area contributed by atoms with Crippen molar-refractivity contribution in [2.24, 2.45) is 5.92 Å². The topological polar surface area (TPSA) is 128 Å². The maximum atomic E-state index is 14.1. The Labute approximate surface area is 260 Å². The summed E-state index contributed by atoms with van der Waals surface area (Å²) in [7, 11) is 0. The summed E-state index contributed by atoms with van der Waals surface area (Å²) >= 11 is 0. The third kappa shape index (κ3) is 6.92. The van der Waals surface area contributed by atoms with Crippen molar-refractivity contribution in [2.45, 2.75) is 108 Å². The number of carbonyl (C=O) groups excluding carboxylic acids is 5. The third-order valence-electron chi connectivity index (χ3n) is 9.72. The van der Waals surface area contributed by atoms with E-state index in [1.165, 1.54) is 0 Å². The van der Waals surface area contributed by atoms with Gasteiger partial charge in [-0.3, -0.25) is 24.1 Å². The van der Waals surface area contributed by atoms with Crippen molar-refractivity contribution in [3.05, 3.63) is 35.9 Å². The minimum atomic E-state index is -1.17. The molecule has 4 fully saturated rings. The van der Waals surface area contributed by atoms with E-state index in [0.29, 0.717) is 44.5 Å². The largest absolute Gasteiger partial charge is 0.458 e. The summed E-state index contributed by atoms with van der Waals surface area (Å²) in [5.74, 6) is -1.73. The Hall–Kier alpha value is -3.47. The molecule has 44 heavy (non-hydrogen) atoms. The second-order valence-corrected chi connectivity index (χ2v) is 13.1. The number of piperidine rings is 2. The van der Waals surface area contributed by atoms with E-state index in [9.17, 15) is 24.0 Å². The molecule has 6 atom stereocenters. The van der Waals surface area contributed by atoms with E-state index in [1.807, 2.05) is 13.8 Å². The van der Waals surface area contributed by atoms with Crippen LogP contribution >= 0.6 is 0 Å². The number of nitrogens with zero attached hydrogens (tertiary/aromatic N) is 3. The van der Waals surface area contributed by atoms with Crippen molar-refractivity contribution >= 4 is 29.6 Å². The minimum absolute atomic E-state index is 0.0256. The van der Waals surface area contributed by atoms with Gasteiger partial charge in [0.2, 0.25) is 17.7 Å². The normalized spacial score (nSPS) is 31.1. The number of cyclic esters (lactones) is 1. The van der Waals surface area contributed by atoms with E-state index < -0.39 is 42.0 Å². The highest BCUT2D eigenvalue weighted by Gasteiger charge is 2.45. The number of amides is 4. The van der Waals surface area contributed by atoms with Gasteiger partial charge in [-0.05, 0) is 82.9 Å². The van der Waals surface area contributed by atoms with Crippen LogP contribution in [0.15, 0.2) is 30.3 Å². The maximum absolute atomic E-state index is 14.1. The molecule has 11 heteroatoms. The fraction of sp³-hybridized carbons (Fsp3) is 0.667. The molecule has 4 aliphatic heterocycles. The smallest absolute Gasteiger partial charge is 0.329 e. The van der Waals surface area contributed by atoms with Gasteiger partial charge in [-0.15, -0.1) is 0 Å². The zero-order valence-corrected chi connectivity index (χ0v) is 26.2. The van der Waals surface area contributed by atoms with E-state index in [0.717, 1.165) is 38.6 Å². The van der Waals surface area contributed by atoms with Gasteiger partial charge in [-0.1, -0.05) is 32.0 Å². The number of nitrogens with one attached hydrogen (secondary N) is 2. The predicted molar refractivity (Wildman–Crippen MR) is 163 cm³/mol. The number of esters is 1. The highest BCUT2D eigenvalue weighted by Crippen LogP contribution is 2.29. The zero-order chi connectivity index (χ0) is 31.4. The van der Waals surface area contributed by atoms with Crippen molar-refractivity contribution in [3.63, 3.8) is 0 Å². The molecule has 0 aliphatic carbocycles. The van der Waals surface area contributed by atoms with E-state index in [4.69, 9.17) is 4.74 Å². The zero-order valence-electron chi connectivity index (χ0n) is 26.2. The average Bonchev–Trinajstić information content (AvgIpc) is 3.50. The lowest BCUT2D eigenvalue weighted by molar-refractivity contribution is -0.165. The molecule has 1 aromatic carbocycles. The van der Waals surface area contributed by atoms with Gasteiger partial charge in [0, 0.05) is 31.2 Å². The standard InChI is InChI=1S/C33H47N5O6/c1-21(2)24-20-36-17-11-16-25(36)31(41)37-18-9-7-14-26(37)32(42)38-19-10-8-15-27(38)33(43)44-22(3)28(30(40)34-24)35-29(39)23-12-5-4-6-13-23/h4-6,12-13,21-22,24-28H,7-11,14-20H2,1-3H3,(H,34,40)(H,35,39)/t22-,24-,25+,26+,27+,28?/m1/s1. The molecule has 0 saturated carbocycles. The number of benzene rings is 1. The molecule has 0 spiro atoms. The molecule has 240 valence electrons. The lowest BCUT2D eigenvalue weighted by Crippen LogP contribution is -2.62. The summed E-state index contributed by atoms with van der Waals surface area (Å²) in [5.41, 5.74) is 0.380. The third-order valence-corrected chi connectivity index (χ3v) is 9.72. The molecule has 4 saturated heterocycles. The van der Waals surface area contributed by atoms with E-state index in [2.05, 4.69) is 15.5 Å². The minimum Gasteiger partial charge on any atom is -0.458 e. The second kappa shape index (κ2) is 14.1. The van der Waals surface area contributed by atoms with Crippen LogP contribution < -0.4 is 10.6 Å². The van der Waals surface area contributed by atoms with Gasteiger partial charge < -0.3 is 25.2 Å². The first-order chi connectivity index (χ1) is 21.2. The molecule has 0 bridgehead atoms. The molecule has 4 heterocycles. The number of fused-ring (bicyclic) bond motifs is 3. The molecule has 1 unspecified atom stereocenters. The first-order valence-corrected chi connectivity index (χ1v) is 16.4. The van der Waals surface area contributed by atoms with Crippen LogP contribution in [0.1, 0.15) is 82.5 Å². The van der Waals surface area contributed by atoms with Crippen molar-refractivity contribution in [1.82, 2.24) is 25.3 Å². The summed E-state index contributed by atoms with van der Waals surface area (Å²) in [4.78, 5) is 74.6. The van der Waals surface area contributed by atoms with Gasteiger partial charge in [0.15, 0.2) is 0 Å². The van der Waals surface area contributed by atoms with Crippen LogP contribution in [-0.2, 0) is 23.9 Å². The Morgan fingerprint density at radius 3 is 2.14 bits per heavy atom. The Balaban J connectivity index is 1.49. The number of hydrogen-bond acceptors (Lipinski definition) is 7. The highest BCUT2D eigenvalue weighted by atomic mass is 16.5. The van der Waals surface area contributed by atoms with Gasteiger partial charge in [0.05, 0.1) is 6.04 Å². The summed E-state index contributed by atoms with van der Waals surface area (Å²) in [5, 5.41) is 5.93. The molecule has 2 N–H and O–H groups in total. The Morgan fingerprint density at radius 1 is 0.841 bits per heavy atom. The maximum Gasteiger partial charge on any atom is 0.329 e. The van der Waals surface area contributed by atoms with Crippen LogP contribution in [-0.4, -0.2) is 107 Å². The highest BCUT2D eigenvalue weighted by molar-refractivity contribution is 5.98. The summed E-state index contributed by atoms with van der Waals surface area (Å²) in [6, 6.07) is 5.30. The molecule has 0 aromatic heterocycles. The summed E-state index contributed by atoms with van der Waals surface area (Å²) in [6.07, 6.45) is 4.77. The second-order valence-electron chi connectivity index (χ2n) is 13.1. The molecule has 0 radical (unpaired) electrons. The van der Waals surface area contributed by atoms with Crippen LogP contribution in [0.5, 0.6) is 0 Å². The van der Waals surface area contributed by atoms with Gasteiger partial charge in [-0.25, -0.2) is 4.79 Å². The van der Waals surface area contributed by atoms with Crippen molar-refractivity contribution in [1.29, 1.82) is 0 Å². The van der Waals surface area contributed by atoms with Crippen molar-refractivity contribution in [2.75, 3.05) is 26.2 Å². The van der Waals surface area contributed by atoms with E-state index in [-0.39, 0.29) is 29.8 Å². The molecule has 1 aromatic rings. The first kappa shape index (κ1) is 31.9. The lowest BCUT2D eigenvalue weighted by Gasteiger charge is -2.43. The Bertz CT molecular complexity index is 1220.